The number of nitrogens with zero attached hydrogens (tertiary/aromatic N) is 1. The Labute approximate surface area is 188 Å². The van der Waals surface area contributed by atoms with E-state index < -0.39 is 0 Å². The number of fused-ring (bicyclic) bond motifs is 3. The zero-order valence-electron chi connectivity index (χ0n) is 17.5. The molecule has 0 aromatic heterocycles. The molecule has 31 heavy (non-hydrogen) atoms. The van der Waals surface area contributed by atoms with Crippen molar-refractivity contribution in [1.82, 2.24) is 0 Å². The van der Waals surface area contributed by atoms with Crippen LogP contribution in [0.5, 0.6) is 0 Å². The van der Waals surface area contributed by atoms with Crippen molar-refractivity contribution in [2.45, 2.75) is 25.3 Å². The number of amides is 1. The van der Waals surface area contributed by atoms with Crippen LogP contribution >= 0.6 is 11.6 Å². The minimum Gasteiger partial charge on any atom is -0.377 e. The predicted octanol–water partition coefficient (Wildman–Crippen LogP) is 6.83. The molecule has 0 bridgehead atoms. The van der Waals surface area contributed by atoms with Gasteiger partial charge in [0.25, 0.3) is 5.91 Å². The van der Waals surface area contributed by atoms with Crippen molar-refractivity contribution in [3.63, 3.8) is 0 Å². The number of allylic oxidation sites excluding steroid dienone is 2. The molecular formula is C27H25ClN2O. The van der Waals surface area contributed by atoms with Crippen molar-refractivity contribution >= 4 is 28.9 Å². The van der Waals surface area contributed by atoms with Crippen LogP contribution in [0.3, 0.4) is 0 Å². The Balaban J connectivity index is 1.59. The second-order valence-electron chi connectivity index (χ2n) is 8.15. The zero-order chi connectivity index (χ0) is 21.4. The molecule has 1 aliphatic carbocycles. The van der Waals surface area contributed by atoms with Crippen molar-refractivity contribution in [2.24, 2.45) is 5.92 Å². The molecule has 1 heterocycles. The van der Waals surface area contributed by atoms with Crippen LogP contribution in [-0.4, -0.2) is 12.5 Å². The van der Waals surface area contributed by atoms with Gasteiger partial charge < -0.3 is 10.2 Å². The summed E-state index contributed by atoms with van der Waals surface area (Å²) in [6.07, 6.45) is 5.54. The molecule has 0 radical (unpaired) electrons. The van der Waals surface area contributed by atoms with Crippen LogP contribution in [-0.2, 0) is 0 Å². The fourth-order valence-corrected chi connectivity index (χ4v) is 5.28. The average Bonchev–Trinajstić information content (AvgIpc) is 3.30. The minimum absolute atomic E-state index is 0.0105. The lowest BCUT2D eigenvalue weighted by Gasteiger charge is -2.39. The molecule has 1 N–H and O–H groups in total. The lowest BCUT2D eigenvalue weighted by atomic mass is 9.76. The second-order valence-corrected chi connectivity index (χ2v) is 8.56. The molecular weight excluding hydrogens is 404 g/mol. The molecule has 3 atom stereocenters. The highest BCUT2D eigenvalue weighted by Gasteiger charge is 2.40. The molecule has 0 saturated carbocycles. The van der Waals surface area contributed by atoms with Gasteiger partial charge in [-0.3, -0.25) is 4.79 Å². The van der Waals surface area contributed by atoms with Gasteiger partial charge in [-0.05, 0) is 54.7 Å². The van der Waals surface area contributed by atoms with Gasteiger partial charge in [-0.2, -0.15) is 0 Å². The van der Waals surface area contributed by atoms with E-state index in [9.17, 15) is 4.79 Å². The molecule has 2 aliphatic rings. The number of hydrogen-bond acceptors (Lipinski definition) is 2. The number of para-hydroxylation sites is 2. The second kappa shape index (κ2) is 8.24. The van der Waals surface area contributed by atoms with E-state index in [2.05, 4.69) is 29.6 Å². The zero-order valence-corrected chi connectivity index (χ0v) is 18.2. The number of halogens is 1. The fraction of sp³-hybridized carbons (Fsp3) is 0.222. The molecule has 156 valence electrons. The van der Waals surface area contributed by atoms with Gasteiger partial charge in [0, 0.05) is 23.2 Å². The van der Waals surface area contributed by atoms with Crippen molar-refractivity contribution in [1.29, 1.82) is 0 Å². The standard InChI is InChI=1S/C27H25ClN2O/c1-2-30(18-10-4-3-5-11-18)27(31)23-16-9-15-21-19-13-8-14-20(19)25(29-26(21)23)22-12-6-7-17-24(22)28/h3-13,15-17,19-20,25,29H,2,14H2,1H3. The first-order valence-electron chi connectivity index (χ1n) is 10.9. The molecule has 0 saturated heterocycles. The maximum Gasteiger partial charge on any atom is 0.260 e. The summed E-state index contributed by atoms with van der Waals surface area (Å²) < 4.78 is 0. The Morgan fingerprint density at radius 2 is 1.74 bits per heavy atom. The van der Waals surface area contributed by atoms with E-state index in [0.29, 0.717) is 18.0 Å². The number of rotatable bonds is 4. The van der Waals surface area contributed by atoms with E-state index in [4.69, 9.17) is 11.6 Å². The quantitative estimate of drug-likeness (QED) is 0.461. The third-order valence-corrected chi connectivity index (χ3v) is 6.84. The number of benzene rings is 3. The van der Waals surface area contributed by atoms with Crippen molar-refractivity contribution in [3.05, 3.63) is 107 Å². The van der Waals surface area contributed by atoms with Gasteiger partial charge in [0.2, 0.25) is 0 Å². The van der Waals surface area contributed by atoms with Crippen LogP contribution < -0.4 is 10.2 Å². The molecule has 3 unspecified atom stereocenters. The van der Waals surface area contributed by atoms with Gasteiger partial charge in [0.05, 0.1) is 17.3 Å². The van der Waals surface area contributed by atoms with Crippen molar-refractivity contribution in [3.8, 4) is 0 Å². The number of carbonyl (C=O) groups excluding carboxylic acids is 1. The first-order chi connectivity index (χ1) is 15.2. The maximum absolute atomic E-state index is 13.7. The number of anilines is 2. The van der Waals surface area contributed by atoms with Crippen molar-refractivity contribution in [2.75, 3.05) is 16.8 Å². The van der Waals surface area contributed by atoms with Crippen molar-refractivity contribution < 1.29 is 4.79 Å². The molecule has 3 nitrogen and oxygen atoms in total. The van der Waals surface area contributed by atoms with Gasteiger partial charge in [-0.15, -0.1) is 0 Å². The van der Waals surface area contributed by atoms with Crippen LogP contribution in [0.25, 0.3) is 0 Å². The normalized spacial score (nSPS) is 21.2. The lowest BCUT2D eigenvalue weighted by Crippen LogP contribution is -2.34. The highest BCUT2D eigenvalue weighted by atomic mass is 35.5. The van der Waals surface area contributed by atoms with Gasteiger partial charge >= 0.3 is 0 Å². The topological polar surface area (TPSA) is 32.3 Å². The van der Waals surface area contributed by atoms with Crippen LogP contribution in [0.4, 0.5) is 11.4 Å². The van der Waals surface area contributed by atoms with E-state index in [0.717, 1.165) is 28.4 Å². The van der Waals surface area contributed by atoms with E-state index >= 15 is 0 Å². The van der Waals surface area contributed by atoms with Gasteiger partial charge in [0.15, 0.2) is 0 Å². The molecule has 4 heteroatoms. The summed E-state index contributed by atoms with van der Waals surface area (Å²) in [6.45, 7) is 2.61. The maximum atomic E-state index is 13.7. The highest BCUT2D eigenvalue weighted by Crippen LogP contribution is 2.51. The number of hydrogen-bond donors (Lipinski definition) is 1. The Morgan fingerprint density at radius 3 is 2.52 bits per heavy atom. The molecule has 1 amide bonds. The van der Waals surface area contributed by atoms with Crippen LogP contribution in [0.2, 0.25) is 5.02 Å². The molecule has 0 spiro atoms. The molecule has 5 rings (SSSR count). The summed E-state index contributed by atoms with van der Waals surface area (Å²) >= 11 is 6.59. The first-order valence-corrected chi connectivity index (χ1v) is 11.2. The first kappa shape index (κ1) is 19.9. The molecule has 0 fully saturated rings. The Kier molecular flexibility index (Phi) is 5.29. The summed E-state index contributed by atoms with van der Waals surface area (Å²) in [5, 5.41) is 4.49. The summed E-state index contributed by atoms with van der Waals surface area (Å²) in [6, 6.07) is 24.0. The Hall–Kier alpha value is -3.04. The summed E-state index contributed by atoms with van der Waals surface area (Å²) in [5.41, 5.74) is 4.83. The summed E-state index contributed by atoms with van der Waals surface area (Å²) in [4.78, 5) is 15.5. The molecule has 1 aliphatic heterocycles. The predicted molar refractivity (Wildman–Crippen MR) is 128 cm³/mol. The number of nitrogens with one attached hydrogen (secondary N) is 1. The SMILES string of the molecule is CCN(C(=O)c1cccc2c1NC(c1ccccc1Cl)C1CC=CC21)c1ccccc1. The third-order valence-electron chi connectivity index (χ3n) is 6.50. The lowest BCUT2D eigenvalue weighted by molar-refractivity contribution is 0.0988. The fourth-order valence-electron chi connectivity index (χ4n) is 5.03. The van der Waals surface area contributed by atoms with Gasteiger partial charge in [-0.1, -0.05) is 72.3 Å². The highest BCUT2D eigenvalue weighted by molar-refractivity contribution is 6.31. The smallest absolute Gasteiger partial charge is 0.260 e. The van der Waals surface area contributed by atoms with Crippen LogP contribution in [0, 0.1) is 5.92 Å². The van der Waals surface area contributed by atoms with Gasteiger partial charge in [-0.25, -0.2) is 0 Å². The Morgan fingerprint density at radius 1 is 1.00 bits per heavy atom. The Bertz CT molecular complexity index is 1140. The average molecular weight is 429 g/mol. The third kappa shape index (κ3) is 3.43. The molecule has 3 aromatic rings. The minimum atomic E-state index is 0.0105. The van der Waals surface area contributed by atoms with Gasteiger partial charge in [0.1, 0.15) is 0 Å². The van der Waals surface area contributed by atoms with E-state index in [1.165, 1.54) is 5.56 Å². The van der Waals surface area contributed by atoms with E-state index in [-0.39, 0.29) is 17.9 Å². The van der Waals surface area contributed by atoms with Crippen LogP contribution in [0.1, 0.15) is 46.8 Å². The monoisotopic (exact) mass is 428 g/mol. The van der Waals surface area contributed by atoms with Crippen LogP contribution in [0.15, 0.2) is 84.9 Å². The van der Waals surface area contributed by atoms with E-state index in [1.807, 2.05) is 72.5 Å². The summed E-state index contributed by atoms with van der Waals surface area (Å²) in [7, 11) is 0. The van der Waals surface area contributed by atoms with E-state index in [1.54, 1.807) is 0 Å². The summed E-state index contributed by atoms with van der Waals surface area (Å²) in [5.74, 6) is 0.669. The largest absolute Gasteiger partial charge is 0.377 e. The number of carbonyl (C=O) groups is 1. The molecule has 3 aromatic carbocycles.